The Bertz CT molecular complexity index is 526. The van der Waals surface area contributed by atoms with Crippen LogP contribution in [0.25, 0.3) is 0 Å². The van der Waals surface area contributed by atoms with Gasteiger partial charge in [-0.1, -0.05) is 12.1 Å². The van der Waals surface area contributed by atoms with Crippen molar-refractivity contribution in [1.82, 2.24) is 10.1 Å². The van der Waals surface area contributed by atoms with Crippen molar-refractivity contribution < 1.29 is 12.9 Å². The second-order valence-corrected chi connectivity index (χ2v) is 7.89. The van der Waals surface area contributed by atoms with Gasteiger partial charge in [-0.05, 0) is 31.6 Å². The minimum Gasteiger partial charge on any atom is -0.338 e. The number of hydrogen-bond acceptors (Lipinski definition) is 6. The molecule has 1 aromatic heterocycles. The highest BCUT2D eigenvalue weighted by molar-refractivity contribution is 7.90. The van der Waals surface area contributed by atoms with Gasteiger partial charge >= 0.3 is 0 Å². The van der Waals surface area contributed by atoms with Gasteiger partial charge < -0.3 is 10.3 Å². The van der Waals surface area contributed by atoms with Crippen molar-refractivity contribution in [3.63, 3.8) is 0 Å². The van der Waals surface area contributed by atoms with E-state index in [9.17, 15) is 8.42 Å². The summed E-state index contributed by atoms with van der Waals surface area (Å²) in [4.78, 5) is 4.33. The van der Waals surface area contributed by atoms with E-state index in [0.717, 1.165) is 12.8 Å². The van der Waals surface area contributed by atoms with Crippen LogP contribution in [0.15, 0.2) is 4.52 Å². The third kappa shape index (κ3) is 4.01. The van der Waals surface area contributed by atoms with Crippen LogP contribution in [-0.2, 0) is 9.84 Å². The second-order valence-electron chi connectivity index (χ2n) is 5.63. The molecule has 0 aliphatic heterocycles. The van der Waals surface area contributed by atoms with Gasteiger partial charge in [0.05, 0.1) is 11.8 Å². The van der Waals surface area contributed by atoms with E-state index in [0.29, 0.717) is 30.0 Å². The molecule has 1 fully saturated rings. The number of aromatic nitrogens is 2. The summed E-state index contributed by atoms with van der Waals surface area (Å²) in [6, 6.07) is -0.505. The molecule has 0 amide bonds. The molecule has 1 aromatic rings. The van der Waals surface area contributed by atoms with E-state index >= 15 is 0 Å². The van der Waals surface area contributed by atoms with Crippen molar-refractivity contribution >= 4 is 9.84 Å². The summed E-state index contributed by atoms with van der Waals surface area (Å²) in [6.45, 7) is 2.22. The van der Waals surface area contributed by atoms with Crippen LogP contribution in [0, 0.1) is 5.92 Å². The molecule has 2 rings (SSSR count). The zero-order chi connectivity index (χ0) is 14.0. The summed E-state index contributed by atoms with van der Waals surface area (Å²) in [5, 5.41) is 3.98. The first-order valence-electron chi connectivity index (χ1n) is 6.62. The Hall–Kier alpha value is -0.950. The van der Waals surface area contributed by atoms with Crippen molar-refractivity contribution in [2.75, 3.05) is 12.0 Å². The molecule has 0 saturated heterocycles. The molecule has 0 aromatic carbocycles. The van der Waals surface area contributed by atoms with Crippen molar-refractivity contribution in [3.05, 3.63) is 11.7 Å². The highest BCUT2D eigenvalue weighted by Crippen LogP contribution is 2.36. The fraction of sp³-hybridized carbons (Fsp3) is 0.833. The summed E-state index contributed by atoms with van der Waals surface area (Å²) in [6.07, 6.45) is 4.85. The van der Waals surface area contributed by atoms with E-state index < -0.39 is 15.9 Å². The molecule has 1 heterocycles. The lowest BCUT2D eigenvalue weighted by Crippen LogP contribution is -2.16. The van der Waals surface area contributed by atoms with Gasteiger partial charge in [0.15, 0.2) is 5.82 Å². The lowest BCUT2D eigenvalue weighted by atomic mass is 10.1. The predicted molar refractivity (Wildman–Crippen MR) is 71.3 cm³/mol. The molecule has 2 N–H and O–H groups in total. The van der Waals surface area contributed by atoms with Crippen molar-refractivity contribution in [2.24, 2.45) is 11.7 Å². The minimum atomic E-state index is -3.01. The van der Waals surface area contributed by atoms with Crippen LogP contribution in [0.5, 0.6) is 0 Å². The van der Waals surface area contributed by atoms with Crippen LogP contribution in [0.2, 0.25) is 0 Å². The quantitative estimate of drug-likeness (QED) is 0.879. The normalized spacial score (nSPS) is 25.6. The zero-order valence-electron chi connectivity index (χ0n) is 11.4. The standard InChI is InChI=1S/C12H21N3O3S/c1-8-3-4-9(7-8)11-14-12(18-15-11)10(13)5-6-19(2,16)17/h8-10H,3-7,13H2,1-2H3. The molecule has 1 aliphatic rings. The van der Waals surface area contributed by atoms with Crippen LogP contribution < -0.4 is 5.73 Å². The molecule has 1 aliphatic carbocycles. The topological polar surface area (TPSA) is 99.1 Å². The fourth-order valence-electron chi connectivity index (χ4n) is 2.47. The van der Waals surface area contributed by atoms with Crippen LogP contribution in [-0.4, -0.2) is 30.6 Å². The molecule has 3 atom stereocenters. The number of sulfone groups is 1. The minimum absolute atomic E-state index is 0.0341. The Morgan fingerprint density at radius 1 is 1.47 bits per heavy atom. The summed E-state index contributed by atoms with van der Waals surface area (Å²) >= 11 is 0. The molecular weight excluding hydrogens is 266 g/mol. The summed E-state index contributed by atoms with van der Waals surface area (Å²) in [5.41, 5.74) is 5.88. The molecule has 3 unspecified atom stereocenters. The van der Waals surface area contributed by atoms with Gasteiger partial charge in [0, 0.05) is 12.2 Å². The van der Waals surface area contributed by atoms with E-state index in [1.165, 1.54) is 12.7 Å². The smallest absolute Gasteiger partial charge is 0.243 e. The van der Waals surface area contributed by atoms with E-state index in [1.807, 2.05) is 0 Å². The van der Waals surface area contributed by atoms with Crippen LogP contribution in [0.1, 0.15) is 56.3 Å². The monoisotopic (exact) mass is 287 g/mol. The second kappa shape index (κ2) is 5.58. The van der Waals surface area contributed by atoms with Crippen molar-refractivity contribution in [1.29, 1.82) is 0 Å². The maximum absolute atomic E-state index is 11.1. The lowest BCUT2D eigenvalue weighted by molar-refractivity contribution is 0.346. The molecule has 6 nitrogen and oxygen atoms in total. The molecule has 108 valence electrons. The molecule has 0 bridgehead atoms. The van der Waals surface area contributed by atoms with Crippen LogP contribution >= 0.6 is 0 Å². The first kappa shape index (κ1) is 14.5. The van der Waals surface area contributed by atoms with Gasteiger partial charge in [-0.15, -0.1) is 0 Å². The Kier molecular flexibility index (Phi) is 4.25. The van der Waals surface area contributed by atoms with Gasteiger partial charge in [0.1, 0.15) is 9.84 Å². The highest BCUT2D eigenvalue weighted by atomic mass is 32.2. The number of nitrogens with two attached hydrogens (primary N) is 1. The molecule has 0 radical (unpaired) electrons. The zero-order valence-corrected chi connectivity index (χ0v) is 12.2. The fourth-order valence-corrected chi connectivity index (χ4v) is 3.15. The summed E-state index contributed by atoms with van der Waals surface area (Å²) in [5.74, 6) is 2.15. The van der Waals surface area contributed by atoms with Crippen LogP contribution in [0.4, 0.5) is 0 Å². The van der Waals surface area contributed by atoms with Gasteiger partial charge in [0.25, 0.3) is 0 Å². The predicted octanol–water partition coefficient (Wildman–Crippen LogP) is 1.41. The molecule has 0 spiro atoms. The lowest BCUT2D eigenvalue weighted by Gasteiger charge is -2.05. The third-order valence-electron chi connectivity index (χ3n) is 3.63. The van der Waals surface area contributed by atoms with E-state index in [-0.39, 0.29) is 5.75 Å². The Labute approximate surface area is 113 Å². The summed E-state index contributed by atoms with van der Waals surface area (Å²) < 4.78 is 27.3. The average Bonchev–Trinajstić information content (AvgIpc) is 2.93. The highest BCUT2D eigenvalue weighted by Gasteiger charge is 2.27. The van der Waals surface area contributed by atoms with Gasteiger partial charge in [-0.2, -0.15) is 4.98 Å². The number of hydrogen-bond donors (Lipinski definition) is 1. The molecular formula is C12H21N3O3S. The third-order valence-corrected chi connectivity index (χ3v) is 4.61. The van der Waals surface area contributed by atoms with Gasteiger partial charge in [-0.3, -0.25) is 0 Å². The SMILES string of the molecule is CC1CCC(c2noc(C(N)CCS(C)(=O)=O)n2)C1. The maximum atomic E-state index is 11.1. The molecule has 7 heteroatoms. The Balaban J connectivity index is 1.96. The van der Waals surface area contributed by atoms with E-state index in [2.05, 4.69) is 17.1 Å². The Morgan fingerprint density at radius 3 is 2.79 bits per heavy atom. The largest absolute Gasteiger partial charge is 0.338 e. The van der Waals surface area contributed by atoms with Crippen LogP contribution in [0.3, 0.4) is 0 Å². The van der Waals surface area contributed by atoms with Gasteiger partial charge in [-0.25, -0.2) is 8.42 Å². The average molecular weight is 287 g/mol. The Morgan fingerprint density at radius 2 is 2.21 bits per heavy atom. The van der Waals surface area contributed by atoms with Crippen molar-refractivity contribution in [3.8, 4) is 0 Å². The van der Waals surface area contributed by atoms with Crippen molar-refractivity contribution in [2.45, 2.75) is 44.6 Å². The van der Waals surface area contributed by atoms with E-state index in [4.69, 9.17) is 10.3 Å². The van der Waals surface area contributed by atoms with Gasteiger partial charge in [0.2, 0.25) is 5.89 Å². The van der Waals surface area contributed by atoms with E-state index in [1.54, 1.807) is 0 Å². The summed E-state index contributed by atoms with van der Waals surface area (Å²) in [7, 11) is -3.01. The number of nitrogens with zero attached hydrogens (tertiary/aromatic N) is 2. The number of rotatable bonds is 5. The molecule has 1 saturated carbocycles. The first-order valence-corrected chi connectivity index (χ1v) is 8.68. The molecule has 19 heavy (non-hydrogen) atoms. The first-order chi connectivity index (χ1) is 8.85. The maximum Gasteiger partial charge on any atom is 0.243 e.